The molecule has 2 heterocycles. The molecule has 0 aliphatic carbocycles. The number of aryl methyl sites for hydroxylation is 1. The van der Waals surface area contributed by atoms with Crippen LogP contribution in [0, 0.1) is 11.8 Å². The number of ether oxygens (including phenoxy) is 1. The number of hydrogen-bond donors (Lipinski definition) is 1. The van der Waals surface area contributed by atoms with Gasteiger partial charge >= 0.3 is 5.97 Å². The lowest BCUT2D eigenvalue weighted by atomic mass is 9.73. The lowest BCUT2D eigenvalue weighted by molar-refractivity contribution is -0.143. The highest BCUT2D eigenvalue weighted by molar-refractivity contribution is 5.71. The Kier molecular flexibility index (Phi) is 4.58. The van der Waals surface area contributed by atoms with Gasteiger partial charge in [0.1, 0.15) is 0 Å². The van der Waals surface area contributed by atoms with E-state index < -0.39 is 5.97 Å². The van der Waals surface area contributed by atoms with Crippen LogP contribution in [0.25, 0.3) is 0 Å². The first-order valence-corrected chi connectivity index (χ1v) is 6.92. The van der Waals surface area contributed by atoms with Gasteiger partial charge in [-0.1, -0.05) is 6.92 Å². The number of carboxylic acid groups (broad SMARTS) is 1. The van der Waals surface area contributed by atoms with Crippen molar-refractivity contribution in [2.45, 2.75) is 32.1 Å². The first-order chi connectivity index (χ1) is 9.13. The highest BCUT2D eigenvalue weighted by Gasteiger charge is 2.35. The molecule has 5 nitrogen and oxygen atoms in total. The van der Waals surface area contributed by atoms with Crippen molar-refractivity contribution in [2.24, 2.45) is 18.9 Å². The summed E-state index contributed by atoms with van der Waals surface area (Å²) in [5.74, 6) is -0.630. The summed E-state index contributed by atoms with van der Waals surface area (Å²) < 4.78 is 7.14. The summed E-state index contributed by atoms with van der Waals surface area (Å²) in [4.78, 5) is 11.5. The summed E-state index contributed by atoms with van der Waals surface area (Å²) in [5, 5.41) is 13.7. The topological polar surface area (TPSA) is 64.3 Å². The average molecular weight is 266 g/mol. The number of rotatable bonds is 5. The van der Waals surface area contributed by atoms with Crippen LogP contribution in [0.3, 0.4) is 0 Å². The Bertz CT molecular complexity index is 424. The van der Waals surface area contributed by atoms with E-state index in [4.69, 9.17) is 4.74 Å². The summed E-state index contributed by atoms with van der Waals surface area (Å²) in [6, 6.07) is 0. The van der Waals surface area contributed by atoms with Gasteiger partial charge in [-0.15, -0.1) is 0 Å². The van der Waals surface area contributed by atoms with E-state index in [1.807, 2.05) is 26.4 Å². The molecule has 0 saturated carbocycles. The summed E-state index contributed by atoms with van der Waals surface area (Å²) in [6.45, 7) is 3.41. The molecule has 5 heteroatoms. The molecule has 1 aliphatic heterocycles. The maximum Gasteiger partial charge on any atom is 0.307 e. The largest absolute Gasteiger partial charge is 0.481 e. The van der Waals surface area contributed by atoms with E-state index in [9.17, 15) is 9.90 Å². The molecule has 0 spiro atoms. The van der Waals surface area contributed by atoms with E-state index in [1.54, 1.807) is 4.68 Å². The molecule has 2 unspecified atom stereocenters. The highest BCUT2D eigenvalue weighted by Crippen LogP contribution is 2.39. The Labute approximate surface area is 113 Å². The molecule has 1 N–H and O–H groups in total. The van der Waals surface area contributed by atoms with E-state index in [1.165, 1.54) is 0 Å². The van der Waals surface area contributed by atoms with Gasteiger partial charge in [0.25, 0.3) is 0 Å². The molecule has 1 aliphatic rings. The quantitative estimate of drug-likeness (QED) is 0.885. The van der Waals surface area contributed by atoms with Crippen molar-refractivity contribution >= 4 is 5.97 Å². The Balaban J connectivity index is 2.28. The van der Waals surface area contributed by atoms with Crippen molar-refractivity contribution in [1.82, 2.24) is 9.78 Å². The lowest BCUT2D eigenvalue weighted by Gasteiger charge is -2.33. The maximum absolute atomic E-state index is 11.5. The molecule has 0 amide bonds. The number of nitrogens with zero attached hydrogens (tertiary/aromatic N) is 2. The van der Waals surface area contributed by atoms with Crippen molar-refractivity contribution in [3.8, 4) is 0 Å². The molecule has 0 aromatic carbocycles. The Morgan fingerprint density at radius 3 is 2.74 bits per heavy atom. The second kappa shape index (κ2) is 6.19. The fourth-order valence-electron chi connectivity index (χ4n) is 3.10. The zero-order valence-electron chi connectivity index (χ0n) is 11.6. The molecular formula is C14H22N2O3. The zero-order chi connectivity index (χ0) is 13.8. The minimum Gasteiger partial charge on any atom is -0.481 e. The summed E-state index contributed by atoms with van der Waals surface area (Å²) in [5.41, 5.74) is 1.05. The molecule has 2 rings (SSSR count). The zero-order valence-corrected chi connectivity index (χ0v) is 11.6. The molecule has 19 heavy (non-hydrogen) atoms. The molecule has 106 valence electrons. The second-order valence-corrected chi connectivity index (χ2v) is 5.28. The minimum atomic E-state index is -0.706. The van der Waals surface area contributed by atoms with Crippen molar-refractivity contribution in [2.75, 3.05) is 13.2 Å². The van der Waals surface area contributed by atoms with E-state index in [2.05, 4.69) is 5.10 Å². The van der Waals surface area contributed by atoms with Crippen molar-refractivity contribution in [3.05, 3.63) is 18.0 Å². The van der Waals surface area contributed by atoms with E-state index in [0.29, 0.717) is 12.3 Å². The molecule has 1 fully saturated rings. The normalized spacial score (nSPS) is 20.1. The number of aromatic nitrogens is 2. The first kappa shape index (κ1) is 14.1. The van der Waals surface area contributed by atoms with Crippen molar-refractivity contribution in [1.29, 1.82) is 0 Å². The third-order valence-corrected chi connectivity index (χ3v) is 4.07. The molecule has 1 saturated heterocycles. The van der Waals surface area contributed by atoms with Crippen molar-refractivity contribution < 1.29 is 14.6 Å². The first-order valence-electron chi connectivity index (χ1n) is 6.92. The molecular weight excluding hydrogens is 244 g/mol. The number of carbonyl (C=O) groups is 1. The van der Waals surface area contributed by atoms with Crippen LogP contribution < -0.4 is 0 Å². The molecule has 1 aromatic rings. The summed E-state index contributed by atoms with van der Waals surface area (Å²) in [6.07, 6.45) is 6.27. The van der Waals surface area contributed by atoms with Gasteiger partial charge in [-0.05, 0) is 30.7 Å². The predicted octanol–water partition coefficient (Wildman–Crippen LogP) is 2.04. The van der Waals surface area contributed by atoms with Gasteiger partial charge in [0.15, 0.2) is 0 Å². The standard InChI is InChI=1S/C14H22N2O3/c1-3-12(14(17)18)13(10-4-6-19-7-5-10)11-8-15-16(2)9-11/h8-10,12-13H,3-7H2,1-2H3,(H,17,18). The number of carboxylic acids is 1. The number of aliphatic carboxylic acids is 1. The maximum atomic E-state index is 11.5. The lowest BCUT2D eigenvalue weighted by Crippen LogP contribution is -2.31. The fourth-order valence-corrected chi connectivity index (χ4v) is 3.10. The van der Waals surface area contributed by atoms with Gasteiger partial charge in [-0.3, -0.25) is 9.48 Å². The van der Waals surface area contributed by atoms with Crippen LogP contribution in [0.1, 0.15) is 37.7 Å². The smallest absolute Gasteiger partial charge is 0.307 e. The van der Waals surface area contributed by atoms with Gasteiger partial charge in [-0.25, -0.2) is 0 Å². The average Bonchev–Trinajstić information content (AvgIpc) is 2.82. The van der Waals surface area contributed by atoms with Crippen LogP contribution in [0.4, 0.5) is 0 Å². The molecule has 0 bridgehead atoms. The van der Waals surface area contributed by atoms with Gasteiger partial charge in [-0.2, -0.15) is 5.10 Å². The Morgan fingerprint density at radius 2 is 2.26 bits per heavy atom. The number of hydrogen-bond acceptors (Lipinski definition) is 3. The van der Waals surface area contributed by atoms with Crippen LogP contribution in [0.15, 0.2) is 12.4 Å². The highest BCUT2D eigenvalue weighted by atomic mass is 16.5. The van der Waals surface area contributed by atoms with Crippen LogP contribution in [0.2, 0.25) is 0 Å². The molecule has 2 atom stereocenters. The van der Waals surface area contributed by atoms with Crippen LogP contribution in [-0.4, -0.2) is 34.1 Å². The van der Waals surface area contributed by atoms with Gasteiger partial charge in [0, 0.05) is 32.4 Å². The van der Waals surface area contributed by atoms with Crippen LogP contribution in [-0.2, 0) is 16.6 Å². The SMILES string of the molecule is CCC(C(=O)O)C(c1cnn(C)c1)C1CCOCC1. The van der Waals surface area contributed by atoms with Gasteiger partial charge < -0.3 is 9.84 Å². The van der Waals surface area contributed by atoms with E-state index >= 15 is 0 Å². The van der Waals surface area contributed by atoms with Crippen molar-refractivity contribution in [3.63, 3.8) is 0 Å². The molecule has 0 radical (unpaired) electrons. The third kappa shape index (κ3) is 3.15. The minimum absolute atomic E-state index is 0.0418. The van der Waals surface area contributed by atoms with Gasteiger partial charge in [0.2, 0.25) is 0 Å². The van der Waals surface area contributed by atoms with E-state index in [-0.39, 0.29) is 11.8 Å². The molecule has 1 aromatic heterocycles. The Hall–Kier alpha value is -1.36. The predicted molar refractivity (Wildman–Crippen MR) is 70.9 cm³/mol. The summed E-state index contributed by atoms with van der Waals surface area (Å²) >= 11 is 0. The van der Waals surface area contributed by atoms with E-state index in [0.717, 1.165) is 31.6 Å². The Morgan fingerprint density at radius 1 is 1.58 bits per heavy atom. The van der Waals surface area contributed by atoms with Gasteiger partial charge in [0.05, 0.1) is 12.1 Å². The van der Waals surface area contributed by atoms with Crippen LogP contribution in [0.5, 0.6) is 0 Å². The van der Waals surface area contributed by atoms with Crippen LogP contribution >= 0.6 is 0 Å². The third-order valence-electron chi connectivity index (χ3n) is 4.07. The summed E-state index contributed by atoms with van der Waals surface area (Å²) in [7, 11) is 1.87. The fraction of sp³-hybridized carbons (Fsp3) is 0.714. The second-order valence-electron chi connectivity index (χ2n) is 5.28. The monoisotopic (exact) mass is 266 g/mol.